The zero-order chi connectivity index (χ0) is 12.5. The quantitative estimate of drug-likeness (QED) is 0.806. The van der Waals surface area contributed by atoms with Crippen molar-refractivity contribution < 1.29 is 9.59 Å². The fraction of sp³-hybridized carbons (Fsp3) is 0.167. The molecule has 0 bridgehead atoms. The number of halogens is 1. The Hall–Kier alpha value is -1.80. The molecule has 17 heavy (non-hydrogen) atoms. The third-order valence-electron chi connectivity index (χ3n) is 1.90. The van der Waals surface area contributed by atoms with Crippen LogP contribution >= 0.6 is 15.9 Å². The normalized spacial score (nSPS) is 8.76. The van der Waals surface area contributed by atoms with Crippen molar-refractivity contribution in [3.05, 3.63) is 35.9 Å². The molecule has 88 valence electrons. The van der Waals surface area contributed by atoms with Crippen LogP contribution in [0.1, 0.15) is 5.56 Å². The molecule has 4 nitrogen and oxygen atoms in total. The third kappa shape index (κ3) is 5.73. The summed E-state index contributed by atoms with van der Waals surface area (Å²) in [5.74, 6) is 1.47. The van der Waals surface area contributed by atoms with Crippen molar-refractivity contribution >= 4 is 27.7 Å². The summed E-state index contributed by atoms with van der Waals surface area (Å²) in [6.07, 6.45) is 0. The summed E-state index contributed by atoms with van der Waals surface area (Å²) in [6, 6.07) is 9.53. The summed E-state index contributed by atoms with van der Waals surface area (Å²) in [6.45, 7) is 0.368. The van der Waals surface area contributed by atoms with Gasteiger partial charge in [0.15, 0.2) is 0 Å². The molecule has 0 aliphatic carbocycles. The van der Waals surface area contributed by atoms with Crippen LogP contribution in [0.3, 0.4) is 0 Å². The third-order valence-corrected chi connectivity index (χ3v) is 2.10. The average molecular weight is 295 g/mol. The standard InChI is InChI=1S/C12H11BrN2O2/c13-7-6-11(16)15-9-12(17)14-8-10-4-2-1-3-5-10/h1-5H,8-9H2,(H,14,17)(H,15,16). The van der Waals surface area contributed by atoms with Gasteiger partial charge in [0.05, 0.1) is 6.54 Å². The smallest absolute Gasteiger partial charge is 0.297 e. The summed E-state index contributed by atoms with van der Waals surface area (Å²) in [5.41, 5.74) is 1.01. The van der Waals surface area contributed by atoms with E-state index in [0.29, 0.717) is 6.54 Å². The van der Waals surface area contributed by atoms with Crippen molar-refractivity contribution in [3.63, 3.8) is 0 Å². The molecule has 1 aromatic carbocycles. The fourth-order valence-electron chi connectivity index (χ4n) is 1.11. The highest BCUT2D eigenvalue weighted by atomic mass is 79.9. The molecule has 0 atom stereocenters. The van der Waals surface area contributed by atoms with Crippen LogP contribution in [-0.2, 0) is 16.1 Å². The van der Waals surface area contributed by atoms with Gasteiger partial charge in [-0.15, -0.1) is 0 Å². The second-order valence-corrected chi connectivity index (χ2v) is 3.56. The molecule has 2 amide bonds. The monoisotopic (exact) mass is 294 g/mol. The van der Waals surface area contributed by atoms with Crippen LogP contribution in [-0.4, -0.2) is 18.4 Å². The van der Waals surface area contributed by atoms with Crippen molar-refractivity contribution in [1.82, 2.24) is 10.6 Å². The maximum atomic E-state index is 11.3. The van der Waals surface area contributed by atoms with Gasteiger partial charge in [-0.05, 0) is 10.4 Å². The Balaban J connectivity index is 2.26. The van der Waals surface area contributed by atoms with Crippen molar-refractivity contribution in [2.75, 3.05) is 6.54 Å². The van der Waals surface area contributed by atoms with E-state index in [4.69, 9.17) is 0 Å². The summed E-state index contributed by atoms with van der Waals surface area (Å²) >= 11 is 2.80. The lowest BCUT2D eigenvalue weighted by Crippen LogP contribution is -2.36. The van der Waals surface area contributed by atoms with E-state index < -0.39 is 5.91 Å². The second kappa shape index (κ2) is 7.47. The highest BCUT2D eigenvalue weighted by molar-refractivity contribution is 9.12. The first-order valence-corrected chi connectivity index (χ1v) is 5.72. The fourth-order valence-corrected chi connectivity index (χ4v) is 1.29. The molecule has 1 rings (SSSR count). The van der Waals surface area contributed by atoms with Crippen LogP contribution in [0.15, 0.2) is 30.3 Å². The van der Waals surface area contributed by atoms with E-state index in [2.05, 4.69) is 37.3 Å². The van der Waals surface area contributed by atoms with Gasteiger partial charge in [0, 0.05) is 28.4 Å². The summed E-state index contributed by atoms with van der Waals surface area (Å²) in [4.78, 5) is 24.5. The topological polar surface area (TPSA) is 58.2 Å². The first-order valence-electron chi connectivity index (χ1n) is 4.92. The van der Waals surface area contributed by atoms with E-state index in [1.807, 2.05) is 30.3 Å². The molecule has 0 spiro atoms. The van der Waals surface area contributed by atoms with Crippen LogP contribution in [0.4, 0.5) is 0 Å². The highest BCUT2D eigenvalue weighted by Crippen LogP contribution is 1.96. The Morgan fingerprint density at radius 2 is 1.88 bits per heavy atom. The Morgan fingerprint density at radius 1 is 1.18 bits per heavy atom. The van der Waals surface area contributed by atoms with E-state index in [9.17, 15) is 9.59 Å². The minimum Gasteiger partial charge on any atom is -0.350 e. The molecule has 0 saturated carbocycles. The largest absolute Gasteiger partial charge is 0.350 e. The molecule has 2 N–H and O–H groups in total. The zero-order valence-corrected chi connectivity index (χ0v) is 10.6. The lowest BCUT2D eigenvalue weighted by molar-refractivity contribution is -0.123. The van der Waals surface area contributed by atoms with Crippen LogP contribution < -0.4 is 10.6 Å². The van der Waals surface area contributed by atoms with Crippen molar-refractivity contribution in [2.24, 2.45) is 0 Å². The summed E-state index contributed by atoms with van der Waals surface area (Å²) in [5, 5.41) is 5.05. The molecular formula is C12H11BrN2O2. The minimum absolute atomic E-state index is 0.0760. The average Bonchev–Trinajstić information content (AvgIpc) is 2.35. The van der Waals surface area contributed by atoms with Crippen LogP contribution in [0, 0.1) is 10.8 Å². The zero-order valence-electron chi connectivity index (χ0n) is 9.00. The number of carbonyl (C=O) groups is 2. The number of carbonyl (C=O) groups excluding carboxylic acids is 2. The van der Waals surface area contributed by atoms with E-state index in [1.54, 1.807) is 0 Å². The molecular weight excluding hydrogens is 284 g/mol. The van der Waals surface area contributed by atoms with Gasteiger partial charge in [0.1, 0.15) is 0 Å². The Labute approximate surface area is 108 Å². The van der Waals surface area contributed by atoms with E-state index >= 15 is 0 Å². The maximum absolute atomic E-state index is 11.3. The molecule has 0 fully saturated rings. The molecule has 0 aromatic heterocycles. The van der Waals surface area contributed by atoms with Gasteiger partial charge in [0.25, 0.3) is 5.91 Å². The van der Waals surface area contributed by atoms with Crippen LogP contribution in [0.2, 0.25) is 0 Å². The molecule has 0 aliphatic heterocycles. The van der Waals surface area contributed by atoms with Gasteiger partial charge >= 0.3 is 0 Å². The van der Waals surface area contributed by atoms with Gasteiger partial charge in [-0.3, -0.25) is 9.59 Å². The Kier molecular flexibility index (Phi) is 5.83. The van der Waals surface area contributed by atoms with E-state index in [1.165, 1.54) is 0 Å². The molecule has 0 heterocycles. The Morgan fingerprint density at radius 3 is 2.53 bits per heavy atom. The lowest BCUT2D eigenvalue weighted by atomic mass is 10.2. The molecule has 0 unspecified atom stereocenters. The summed E-state index contributed by atoms with van der Waals surface area (Å²) < 4.78 is 0. The number of amides is 2. The van der Waals surface area contributed by atoms with Crippen molar-refractivity contribution in [2.45, 2.75) is 6.54 Å². The highest BCUT2D eigenvalue weighted by Gasteiger charge is 2.02. The molecule has 5 heteroatoms. The molecule has 1 aromatic rings. The van der Waals surface area contributed by atoms with Crippen molar-refractivity contribution in [1.29, 1.82) is 0 Å². The first kappa shape index (κ1) is 13.3. The molecule has 0 aliphatic rings. The van der Waals surface area contributed by atoms with E-state index in [-0.39, 0.29) is 12.5 Å². The number of benzene rings is 1. The summed E-state index contributed by atoms with van der Waals surface area (Å²) in [7, 11) is 0. The van der Waals surface area contributed by atoms with Gasteiger partial charge in [-0.25, -0.2) is 0 Å². The van der Waals surface area contributed by atoms with Crippen LogP contribution in [0.25, 0.3) is 0 Å². The number of hydrogen-bond donors (Lipinski definition) is 2. The second-order valence-electron chi connectivity index (χ2n) is 3.16. The van der Waals surface area contributed by atoms with Gasteiger partial charge in [-0.1, -0.05) is 30.3 Å². The van der Waals surface area contributed by atoms with Crippen molar-refractivity contribution in [3.8, 4) is 10.8 Å². The molecule has 0 saturated heterocycles. The first-order chi connectivity index (χ1) is 8.22. The number of rotatable bonds is 4. The minimum atomic E-state index is -0.489. The van der Waals surface area contributed by atoms with Gasteiger partial charge in [-0.2, -0.15) is 0 Å². The predicted octanol–water partition coefficient (Wildman–Crippen LogP) is 0.775. The molecule has 0 radical (unpaired) electrons. The number of nitrogens with one attached hydrogen (secondary N) is 2. The number of hydrogen-bond acceptors (Lipinski definition) is 2. The lowest BCUT2D eigenvalue weighted by Gasteiger charge is -2.05. The van der Waals surface area contributed by atoms with E-state index in [0.717, 1.165) is 5.56 Å². The van der Waals surface area contributed by atoms with Gasteiger partial charge < -0.3 is 10.6 Å². The SMILES string of the molecule is O=C(C#CBr)NCC(=O)NCc1ccccc1. The predicted molar refractivity (Wildman–Crippen MR) is 68.0 cm³/mol. The maximum Gasteiger partial charge on any atom is 0.297 e. The van der Waals surface area contributed by atoms with Gasteiger partial charge in [0.2, 0.25) is 5.91 Å². The Bertz CT molecular complexity index is 449. The van der Waals surface area contributed by atoms with Crippen LogP contribution in [0.5, 0.6) is 0 Å².